The number of fused-ring (bicyclic) bond motifs is 3. The minimum absolute atomic E-state index is 0.207. The Hall–Kier alpha value is -7.29. The number of amidine groups is 1. The molecule has 8 aromatic rings. The van der Waals surface area contributed by atoms with E-state index < -0.39 is 0 Å². The molecule has 1 N–H and O–H groups in total. The minimum atomic E-state index is -0.207. The first-order valence-corrected chi connectivity index (χ1v) is 22.9. The molecule has 1 atom stereocenters. The summed E-state index contributed by atoms with van der Waals surface area (Å²) < 4.78 is 0. The maximum Gasteiger partial charge on any atom is 0.128 e. The SMILES string of the molecule is C=C(C)c1ccccc1.C=CC.CCC.CCNC(=NCc1cccc(-c2cccc(-c3ccc4c(c3)C(C)(c3ccccc3)c3ccccc3-4)c2)c1)c1ccccc1.c1ccccc1. The predicted octanol–water partition coefficient (Wildman–Crippen LogP) is 16.9. The summed E-state index contributed by atoms with van der Waals surface area (Å²) in [6, 6.07) is 77.0. The highest BCUT2D eigenvalue weighted by atomic mass is 15.0. The van der Waals surface area contributed by atoms with E-state index in [0.717, 1.165) is 23.5 Å². The molecule has 9 rings (SSSR count). The molecule has 328 valence electrons. The van der Waals surface area contributed by atoms with E-state index in [1.807, 2.05) is 74.5 Å². The second kappa shape index (κ2) is 25.7. The number of allylic oxidation sites excluding steroid dienone is 2. The molecule has 8 aromatic carbocycles. The molecule has 1 unspecified atom stereocenters. The van der Waals surface area contributed by atoms with E-state index in [0.29, 0.717) is 6.54 Å². The van der Waals surface area contributed by atoms with Crippen LogP contribution in [-0.4, -0.2) is 12.4 Å². The van der Waals surface area contributed by atoms with Gasteiger partial charge in [-0.1, -0.05) is 239 Å². The van der Waals surface area contributed by atoms with E-state index in [1.165, 1.54) is 67.6 Å². The van der Waals surface area contributed by atoms with Crippen LogP contribution in [0.15, 0.2) is 243 Å². The maximum atomic E-state index is 4.95. The van der Waals surface area contributed by atoms with E-state index in [1.54, 1.807) is 6.08 Å². The van der Waals surface area contributed by atoms with Crippen molar-refractivity contribution in [3.8, 4) is 33.4 Å². The Morgan fingerprint density at radius 1 is 0.523 bits per heavy atom. The lowest BCUT2D eigenvalue weighted by molar-refractivity contribution is 0.714. The van der Waals surface area contributed by atoms with Crippen molar-refractivity contribution in [3.05, 3.63) is 271 Å². The van der Waals surface area contributed by atoms with E-state index >= 15 is 0 Å². The van der Waals surface area contributed by atoms with Gasteiger partial charge in [-0.3, -0.25) is 4.99 Å². The molecule has 0 saturated heterocycles. The quantitative estimate of drug-likeness (QED) is 0.0919. The second-order valence-corrected chi connectivity index (χ2v) is 16.1. The maximum absolute atomic E-state index is 4.95. The van der Waals surface area contributed by atoms with Crippen molar-refractivity contribution in [1.82, 2.24) is 5.32 Å². The van der Waals surface area contributed by atoms with Crippen LogP contribution in [0.1, 0.15) is 81.3 Å². The lowest BCUT2D eigenvalue weighted by atomic mass is 9.74. The van der Waals surface area contributed by atoms with Crippen molar-refractivity contribution < 1.29 is 0 Å². The molecule has 1 aliphatic carbocycles. The first-order chi connectivity index (χ1) is 31.8. The molecule has 2 nitrogen and oxygen atoms in total. The third kappa shape index (κ3) is 13.4. The molecule has 0 spiro atoms. The number of hydrogen-bond donors (Lipinski definition) is 1. The van der Waals surface area contributed by atoms with Crippen molar-refractivity contribution >= 4 is 11.4 Å². The molecule has 0 radical (unpaired) electrons. The van der Waals surface area contributed by atoms with Gasteiger partial charge < -0.3 is 5.32 Å². The molecule has 2 heteroatoms. The van der Waals surface area contributed by atoms with E-state index in [-0.39, 0.29) is 5.41 Å². The molecule has 0 saturated carbocycles. The highest BCUT2D eigenvalue weighted by Crippen LogP contribution is 2.53. The number of aliphatic imine (C=N–C) groups is 1. The Labute approximate surface area is 390 Å². The fourth-order valence-electron chi connectivity index (χ4n) is 7.77. The standard InChI is InChI=1S/C42H36N2.C9H10.C6H6.C3H8.C3H6/c1-3-43-41(31-15-6-4-7-16-31)44-29-30-14-12-17-32(26-30)33-18-13-19-34(27-33)35-24-25-38-37-22-10-11-23-39(37)42(2,40(38)28-35)36-20-8-5-9-21-36;1-8(2)9-6-4-3-5-7-9;1-2-4-6-5-3-1;2*1-3-2/h4-28H,3,29H2,1-2H3,(H,43,44);3-7H,1H2,2H3;1-6H;3H2,1-2H3;3H,1H2,2H3. The summed E-state index contributed by atoms with van der Waals surface area (Å²) in [5, 5.41) is 3.43. The molecule has 1 aliphatic rings. The van der Waals surface area contributed by atoms with Crippen LogP contribution in [0, 0.1) is 0 Å². The summed E-state index contributed by atoms with van der Waals surface area (Å²) in [6.07, 6.45) is 3.00. The van der Waals surface area contributed by atoms with Crippen LogP contribution in [0.4, 0.5) is 0 Å². The van der Waals surface area contributed by atoms with Crippen LogP contribution in [0.5, 0.6) is 0 Å². The third-order valence-corrected chi connectivity index (χ3v) is 10.9. The predicted molar refractivity (Wildman–Crippen MR) is 285 cm³/mol. The summed E-state index contributed by atoms with van der Waals surface area (Å²) in [6.45, 7) is 21.3. The van der Waals surface area contributed by atoms with Crippen molar-refractivity contribution in [3.63, 3.8) is 0 Å². The van der Waals surface area contributed by atoms with Crippen LogP contribution >= 0.6 is 0 Å². The Kier molecular flexibility index (Phi) is 19.3. The lowest BCUT2D eigenvalue weighted by Crippen LogP contribution is -2.24. The molecule has 0 aromatic heterocycles. The lowest BCUT2D eigenvalue weighted by Gasteiger charge is -2.28. The Morgan fingerprint density at radius 2 is 0.969 bits per heavy atom. The fraction of sp³-hybridized carbons (Fsp3) is 0.159. The number of nitrogens with one attached hydrogen (secondary N) is 1. The van der Waals surface area contributed by atoms with Crippen molar-refractivity contribution in [2.24, 2.45) is 4.99 Å². The van der Waals surface area contributed by atoms with Crippen LogP contribution < -0.4 is 5.32 Å². The zero-order chi connectivity index (χ0) is 46.3. The highest BCUT2D eigenvalue weighted by molar-refractivity contribution is 5.98. The van der Waals surface area contributed by atoms with Gasteiger partial charge in [0.15, 0.2) is 0 Å². The minimum Gasteiger partial charge on any atom is -0.370 e. The van der Waals surface area contributed by atoms with Gasteiger partial charge in [-0.2, -0.15) is 0 Å². The van der Waals surface area contributed by atoms with Gasteiger partial charge in [0, 0.05) is 17.5 Å². The number of nitrogens with zero attached hydrogens (tertiary/aromatic N) is 1. The second-order valence-electron chi connectivity index (χ2n) is 16.1. The Bertz CT molecular complexity index is 2650. The van der Waals surface area contributed by atoms with E-state index in [9.17, 15) is 0 Å². The molecular weight excluding hydrogens is 785 g/mol. The van der Waals surface area contributed by atoms with Crippen LogP contribution in [-0.2, 0) is 12.0 Å². The Balaban J connectivity index is 0.000000311. The van der Waals surface area contributed by atoms with Gasteiger partial charge in [0.25, 0.3) is 0 Å². The van der Waals surface area contributed by atoms with Crippen molar-refractivity contribution in [1.29, 1.82) is 0 Å². The smallest absolute Gasteiger partial charge is 0.128 e. The van der Waals surface area contributed by atoms with Gasteiger partial charge in [0.1, 0.15) is 5.84 Å². The molecule has 0 heterocycles. The average Bonchev–Trinajstić information content (AvgIpc) is 3.63. The van der Waals surface area contributed by atoms with Crippen LogP contribution in [0.3, 0.4) is 0 Å². The summed E-state index contributed by atoms with van der Waals surface area (Å²) in [5.74, 6) is 0.932. The van der Waals surface area contributed by atoms with Gasteiger partial charge in [0.2, 0.25) is 0 Å². The molecule has 0 aliphatic heterocycles. The number of rotatable bonds is 8. The first kappa shape index (κ1) is 48.7. The van der Waals surface area contributed by atoms with E-state index in [2.05, 4.69) is 204 Å². The number of hydrogen-bond acceptors (Lipinski definition) is 1. The van der Waals surface area contributed by atoms with Gasteiger partial charge in [-0.05, 0) is 107 Å². The largest absolute Gasteiger partial charge is 0.370 e. The molecule has 0 amide bonds. The highest BCUT2D eigenvalue weighted by Gasteiger charge is 2.40. The topological polar surface area (TPSA) is 24.4 Å². The normalized spacial score (nSPS) is 12.9. The third-order valence-electron chi connectivity index (χ3n) is 10.9. The zero-order valence-electron chi connectivity index (χ0n) is 39.3. The van der Waals surface area contributed by atoms with E-state index in [4.69, 9.17) is 4.99 Å². The molecule has 0 bridgehead atoms. The molecule has 65 heavy (non-hydrogen) atoms. The number of benzene rings is 8. The van der Waals surface area contributed by atoms with Gasteiger partial charge in [-0.15, -0.1) is 6.58 Å². The summed E-state index contributed by atoms with van der Waals surface area (Å²) in [4.78, 5) is 4.95. The summed E-state index contributed by atoms with van der Waals surface area (Å²) in [5.41, 5.74) is 16.0. The molecular formula is C63H66N2. The summed E-state index contributed by atoms with van der Waals surface area (Å²) >= 11 is 0. The zero-order valence-corrected chi connectivity index (χ0v) is 39.3. The Morgan fingerprint density at radius 3 is 1.51 bits per heavy atom. The average molecular weight is 851 g/mol. The van der Waals surface area contributed by atoms with Crippen molar-refractivity contribution in [2.45, 2.75) is 59.9 Å². The monoisotopic (exact) mass is 851 g/mol. The fourth-order valence-corrected chi connectivity index (χ4v) is 7.77. The van der Waals surface area contributed by atoms with Crippen LogP contribution in [0.2, 0.25) is 0 Å². The van der Waals surface area contributed by atoms with Crippen LogP contribution in [0.25, 0.3) is 39.0 Å². The van der Waals surface area contributed by atoms with Gasteiger partial charge >= 0.3 is 0 Å². The first-order valence-electron chi connectivity index (χ1n) is 22.9. The van der Waals surface area contributed by atoms with Crippen molar-refractivity contribution in [2.75, 3.05) is 6.54 Å². The summed E-state index contributed by atoms with van der Waals surface area (Å²) in [7, 11) is 0. The molecule has 0 fully saturated rings. The van der Waals surface area contributed by atoms with Gasteiger partial charge in [0.05, 0.1) is 6.54 Å². The van der Waals surface area contributed by atoms with Gasteiger partial charge in [-0.25, -0.2) is 0 Å².